The van der Waals surface area contributed by atoms with Crippen LogP contribution in [-0.2, 0) is 0 Å². The summed E-state index contributed by atoms with van der Waals surface area (Å²) in [6, 6.07) is 9.90. The van der Waals surface area contributed by atoms with E-state index < -0.39 is 0 Å². The molecule has 1 N–H and O–H groups in total. The summed E-state index contributed by atoms with van der Waals surface area (Å²) in [6.07, 6.45) is 6.06. The number of nitrogens with zero attached hydrogens (tertiary/aromatic N) is 1. The third-order valence-electron chi connectivity index (χ3n) is 3.87. The van der Waals surface area contributed by atoms with Gasteiger partial charge in [-0.2, -0.15) is 0 Å². The van der Waals surface area contributed by atoms with Gasteiger partial charge < -0.3 is 5.32 Å². The Morgan fingerprint density at radius 1 is 1.15 bits per heavy atom. The molecule has 0 bridgehead atoms. The number of benzene rings is 1. The second kappa shape index (κ2) is 5.92. The van der Waals surface area contributed by atoms with Gasteiger partial charge in [0.25, 0.3) is 5.91 Å². The van der Waals surface area contributed by atoms with Crippen molar-refractivity contribution in [1.29, 1.82) is 0 Å². The molecule has 0 atom stereocenters. The number of hydrogen-bond acceptors (Lipinski definition) is 2. The molecule has 1 aromatic heterocycles. The van der Waals surface area contributed by atoms with E-state index in [9.17, 15) is 4.79 Å². The van der Waals surface area contributed by atoms with E-state index in [0.717, 1.165) is 36.6 Å². The molecule has 0 saturated heterocycles. The van der Waals surface area contributed by atoms with Crippen LogP contribution in [0.2, 0.25) is 0 Å². The highest BCUT2D eigenvalue weighted by atomic mass is 79.9. The lowest BCUT2D eigenvalue weighted by Crippen LogP contribution is -2.37. The van der Waals surface area contributed by atoms with Gasteiger partial charge in [0.1, 0.15) is 0 Å². The van der Waals surface area contributed by atoms with Crippen LogP contribution in [0.5, 0.6) is 0 Å². The number of amides is 1. The molecule has 0 radical (unpaired) electrons. The maximum absolute atomic E-state index is 12.4. The van der Waals surface area contributed by atoms with Crippen LogP contribution in [0.15, 0.2) is 36.5 Å². The zero-order valence-corrected chi connectivity index (χ0v) is 12.8. The highest BCUT2D eigenvalue weighted by Gasteiger charge is 2.21. The lowest BCUT2D eigenvalue weighted by molar-refractivity contribution is 0.0930. The third-order valence-corrected chi connectivity index (χ3v) is 4.78. The highest BCUT2D eigenvalue weighted by molar-refractivity contribution is 9.09. The number of carbonyl (C=O) groups is 1. The first-order valence-corrected chi connectivity index (χ1v) is 7.94. The fourth-order valence-corrected chi connectivity index (χ4v) is 3.28. The summed E-state index contributed by atoms with van der Waals surface area (Å²) in [7, 11) is 0. The van der Waals surface area contributed by atoms with Crippen molar-refractivity contribution in [3.8, 4) is 0 Å². The molecule has 1 amide bonds. The van der Waals surface area contributed by atoms with Crippen LogP contribution < -0.4 is 5.32 Å². The van der Waals surface area contributed by atoms with Crippen molar-refractivity contribution in [2.75, 3.05) is 0 Å². The van der Waals surface area contributed by atoms with Crippen molar-refractivity contribution >= 4 is 32.7 Å². The molecule has 0 spiro atoms. The first kappa shape index (κ1) is 13.6. The number of hydrogen-bond donors (Lipinski definition) is 1. The van der Waals surface area contributed by atoms with Crippen LogP contribution in [-0.4, -0.2) is 21.8 Å². The van der Waals surface area contributed by atoms with E-state index in [0.29, 0.717) is 10.4 Å². The predicted octanol–water partition coefficient (Wildman–Crippen LogP) is 3.67. The summed E-state index contributed by atoms with van der Waals surface area (Å²) >= 11 is 3.64. The van der Waals surface area contributed by atoms with E-state index in [1.807, 2.05) is 30.3 Å². The second-order valence-electron chi connectivity index (χ2n) is 5.30. The van der Waals surface area contributed by atoms with Crippen LogP contribution in [0.1, 0.15) is 36.0 Å². The molecule has 20 heavy (non-hydrogen) atoms. The van der Waals surface area contributed by atoms with E-state index in [-0.39, 0.29) is 11.9 Å². The second-order valence-corrected chi connectivity index (χ2v) is 6.60. The van der Waals surface area contributed by atoms with Gasteiger partial charge in [-0.25, -0.2) is 0 Å². The predicted molar refractivity (Wildman–Crippen MR) is 84.2 cm³/mol. The van der Waals surface area contributed by atoms with Gasteiger partial charge in [0, 0.05) is 22.5 Å². The van der Waals surface area contributed by atoms with E-state index in [1.165, 1.54) is 0 Å². The topological polar surface area (TPSA) is 42.0 Å². The number of carbonyl (C=O) groups excluding carboxylic acids is 1. The summed E-state index contributed by atoms with van der Waals surface area (Å²) in [5.41, 5.74) is 1.45. The van der Waals surface area contributed by atoms with Gasteiger partial charge in [-0.3, -0.25) is 9.78 Å². The Morgan fingerprint density at radius 2 is 1.90 bits per heavy atom. The van der Waals surface area contributed by atoms with Gasteiger partial charge in [0.2, 0.25) is 0 Å². The molecular formula is C16H17BrN2O. The zero-order valence-electron chi connectivity index (χ0n) is 11.2. The van der Waals surface area contributed by atoms with Gasteiger partial charge in [0.05, 0.1) is 11.1 Å². The number of aromatic nitrogens is 1. The van der Waals surface area contributed by atoms with Crippen LogP contribution in [0.4, 0.5) is 0 Å². The van der Waals surface area contributed by atoms with Gasteiger partial charge in [0.15, 0.2) is 0 Å². The maximum Gasteiger partial charge on any atom is 0.253 e. The summed E-state index contributed by atoms with van der Waals surface area (Å²) < 4.78 is 0. The number of halogens is 1. The normalized spacial score (nSPS) is 22.6. The van der Waals surface area contributed by atoms with Crippen LogP contribution in [0.3, 0.4) is 0 Å². The number of rotatable bonds is 2. The maximum atomic E-state index is 12.4. The van der Waals surface area contributed by atoms with E-state index >= 15 is 0 Å². The third kappa shape index (κ3) is 2.85. The van der Waals surface area contributed by atoms with Crippen LogP contribution >= 0.6 is 15.9 Å². The highest BCUT2D eigenvalue weighted by Crippen LogP contribution is 2.25. The first-order valence-electron chi connectivity index (χ1n) is 7.03. The average molecular weight is 333 g/mol. The molecule has 1 aliphatic rings. The Hall–Kier alpha value is -1.42. The number of para-hydroxylation sites is 1. The Morgan fingerprint density at radius 3 is 2.70 bits per heavy atom. The molecule has 104 valence electrons. The minimum Gasteiger partial charge on any atom is -0.349 e. The molecule has 1 fully saturated rings. The standard InChI is InChI=1S/C16H17BrN2O/c17-12-6-8-13(9-7-12)19-16(20)14-5-1-3-11-4-2-10-18-15(11)14/h1-5,10,12-13H,6-9H2,(H,19,20). The van der Waals surface area contributed by atoms with Gasteiger partial charge >= 0.3 is 0 Å². The minimum atomic E-state index is -0.00711. The number of nitrogens with one attached hydrogen (secondary N) is 1. The number of fused-ring (bicyclic) bond motifs is 1. The lowest BCUT2D eigenvalue weighted by atomic mass is 9.95. The molecule has 1 heterocycles. The quantitative estimate of drug-likeness (QED) is 0.852. The fraction of sp³-hybridized carbons (Fsp3) is 0.375. The Labute approximate surface area is 126 Å². The van der Waals surface area contributed by atoms with E-state index in [1.54, 1.807) is 6.20 Å². The summed E-state index contributed by atoms with van der Waals surface area (Å²) in [5.74, 6) is -0.00711. The fourth-order valence-electron chi connectivity index (χ4n) is 2.75. The van der Waals surface area contributed by atoms with Crippen molar-refractivity contribution in [2.24, 2.45) is 0 Å². The first-order chi connectivity index (χ1) is 9.74. The Kier molecular flexibility index (Phi) is 4.01. The van der Waals surface area contributed by atoms with Crippen molar-refractivity contribution in [1.82, 2.24) is 10.3 Å². The van der Waals surface area contributed by atoms with Crippen molar-refractivity contribution in [3.63, 3.8) is 0 Å². The molecular weight excluding hydrogens is 316 g/mol. The minimum absolute atomic E-state index is 0.00711. The SMILES string of the molecule is O=C(NC1CCC(Br)CC1)c1cccc2cccnc12. The van der Waals surface area contributed by atoms with Gasteiger partial charge in [-0.05, 0) is 37.8 Å². The van der Waals surface area contributed by atoms with Crippen molar-refractivity contribution in [3.05, 3.63) is 42.1 Å². The Bertz CT molecular complexity index is 615. The van der Waals surface area contributed by atoms with Crippen molar-refractivity contribution in [2.45, 2.75) is 36.6 Å². The lowest BCUT2D eigenvalue weighted by Gasteiger charge is -2.26. The average Bonchev–Trinajstić information content (AvgIpc) is 2.49. The summed E-state index contributed by atoms with van der Waals surface area (Å²) in [4.78, 5) is 17.4. The van der Waals surface area contributed by atoms with Crippen LogP contribution in [0, 0.1) is 0 Å². The van der Waals surface area contributed by atoms with Gasteiger partial charge in [-0.15, -0.1) is 0 Å². The largest absolute Gasteiger partial charge is 0.349 e. The number of alkyl halides is 1. The molecule has 1 saturated carbocycles. The molecule has 0 unspecified atom stereocenters. The van der Waals surface area contributed by atoms with Crippen LogP contribution in [0.25, 0.3) is 10.9 Å². The summed E-state index contributed by atoms with van der Waals surface area (Å²) in [6.45, 7) is 0. The smallest absolute Gasteiger partial charge is 0.253 e. The molecule has 3 nitrogen and oxygen atoms in total. The van der Waals surface area contributed by atoms with Crippen molar-refractivity contribution < 1.29 is 4.79 Å². The molecule has 1 aromatic carbocycles. The monoisotopic (exact) mass is 332 g/mol. The Balaban J connectivity index is 1.79. The zero-order chi connectivity index (χ0) is 13.9. The summed E-state index contributed by atoms with van der Waals surface area (Å²) in [5, 5.41) is 4.15. The molecule has 0 aliphatic heterocycles. The molecule has 2 aromatic rings. The van der Waals surface area contributed by atoms with Gasteiger partial charge in [-0.1, -0.05) is 34.1 Å². The molecule has 3 rings (SSSR count). The molecule has 4 heteroatoms. The number of pyridine rings is 1. The van der Waals surface area contributed by atoms with E-state index in [4.69, 9.17) is 0 Å². The van der Waals surface area contributed by atoms with E-state index in [2.05, 4.69) is 26.2 Å². The molecule has 1 aliphatic carbocycles.